The molecule has 9 aromatic carbocycles. The van der Waals surface area contributed by atoms with Crippen LogP contribution in [0.5, 0.6) is 0 Å². The molecule has 0 saturated carbocycles. The Bertz CT molecular complexity index is 2970. The van der Waals surface area contributed by atoms with Crippen LogP contribution in [-0.2, 0) is 5.41 Å². The van der Waals surface area contributed by atoms with Crippen molar-refractivity contribution in [3.05, 3.63) is 193 Å². The SMILES string of the molecule is CC1(C)c2ccccc2-c2c(-c3c4ccccc4c(-c4ccc5c(c4)[Si]4(c6ccccc6-c6ccccc64)c4ccccc4-5)c4ccccc34)cccc21. The zero-order valence-electron chi connectivity index (χ0n) is 30.3. The summed E-state index contributed by atoms with van der Waals surface area (Å²) in [6.07, 6.45) is 0. The average molecular weight is 701 g/mol. The molecule has 0 aromatic heterocycles. The molecule has 0 bridgehead atoms. The minimum Gasteiger partial charge on any atom is -0.0623 e. The highest BCUT2D eigenvalue weighted by Gasteiger charge is 2.53. The third-order valence-electron chi connectivity index (χ3n) is 13.1. The van der Waals surface area contributed by atoms with Gasteiger partial charge in [-0.3, -0.25) is 0 Å². The Hall–Kier alpha value is -6.28. The van der Waals surface area contributed by atoms with Crippen molar-refractivity contribution in [1.82, 2.24) is 0 Å². The standard InChI is InChI=1S/C53H36Si/c1-53(2)44-25-11-7-23-42(44)52-43(24-15-26-45(52)53)51-40-21-5-3-19-38(40)50(39-20-4-6-22-41(39)51)33-30-31-37-36-18-10-14-29-48(36)54(49(37)32-33)46-27-12-8-16-34(46)35-17-9-13-28-47(35)54/h3-32H,1-2H3. The lowest BCUT2D eigenvalue weighted by Crippen LogP contribution is -2.70. The summed E-state index contributed by atoms with van der Waals surface area (Å²) < 4.78 is 0. The maximum absolute atomic E-state index is 2.60. The third-order valence-corrected chi connectivity index (χ3v) is 18.0. The van der Waals surface area contributed by atoms with E-state index in [1.807, 2.05) is 0 Å². The minimum atomic E-state index is -2.57. The van der Waals surface area contributed by atoms with Gasteiger partial charge in [-0.1, -0.05) is 196 Å². The van der Waals surface area contributed by atoms with Crippen molar-refractivity contribution >= 4 is 50.4 Å². The predicted molar refractivity (Wildman–Crippen MR) is 231 cm³/mol. The highest BCUT2D eigenvalue weighted by molar-refractivity contribution is 7.24. The fourth-order valence-corrected chi connectivity index (χ4v) is 16.6. The fourth-order valence-electron chi connectivity index (χ4n) is 10.9. The summed E-state index contributed by atoms with van der Waals surface area (Å²) in [6, 6.07) is 69.5. The summed E-state index contributed by atoms with van der Waals surface area (Å²) in [6.45, 7) is 4.76. The van der Waals surface area contributed by atoms with Crippen molar-refractivity contribution in [1.29, 1.82) is 0 Å². The molecule has 12 rings (SSSR count). The number of rotatable bonds is 2. The molecule has 0 amide bonds. The molecule has 1 spiro atoms. The fraction of sp³-hybridized carbons (Fsp3) is 0.0566. The molecule has 252 valence electrons. The molecular formula is C53H36Si. The van der Waals surface area contributed by atoms with E-state index in [1.54, 1.807) is 0 Å². The van der Waals surface area contributed by atoms with Crippen LogP contribution in [0, 0.1) is 0 Å². The molecule has 0 saturated heterocycles. The highest BCUT2D eigenvalue weighted by Crippen LogP contribution is 2.54. The van der Waals surface area contributed by atoms with Crippen LogP contribution in [0.1, 0.15) is 25.0 Å². The molecular weight excluding hydrogens is 665 g/mol. The lowest BCUT2D eigenvalue weighted by Gasteiger charge is -2.28. The summed E-state index contributed by atoms with van der Waals surface area (Å²) in [5.74, 6) is 0. The molecule has 0 fully saturated rings. The van der Waals surface area contributed by atoms with Gasteiger partial charge in [-0.2, -0.15) is 0 Å². The van der Waals surface area contributed by atoms with Gasteiger partial charge in [0.2, 0.25) is 0 Å². The molecule has 2 aliphatic heterocycles. The zero-order chi connectivity index (χ0) is 35.8. The van der Waals surface area contributed by atoms with Gasteiger partial charge in [0.25, 0.3) is 0 Å². The number of hydrogen-bond donors (Lipinski definition) is 0. The molecule has 54 heavy (non-hydrogen) atoms. The van der Waals surface area contributed by atoms with Crippen molar-refractivity contribution in [2.24, 2.45) is 0 Å². The first-order valence-electron chi connectivity index (χ1n) is 19.2. The maximum Gasteiger partial charge on any atom is 0.182 e. The van der Waals surface area contributed by atoms with Crippen molar-refractivity contribution < 1.29 is 0 Å². The first-order valence-corrected chi connectivity index (χ1v) is 21.2. The second-order valence-electron chi connectivity index (χ2n) is 15.9. The Kier molecular flexibility index (Phi) is 5.96. The van der Waals surface area contributed by atoms with E-state index in [4.69, 9.17) is 0 Å². The van der Waals surface area contributed by atoms with Crippen LogP contribution in [0.3, 0.4) is 0 Å². The largest absolute Gasteiger partial charge is 0.182 e. The van der Waals surface area contributed by atoms with Gasteiger partial charge in [-0.05, 0) is 109 Å². The zero-order valence-corrected chi connectivity index (χ0v) is 31.3. The van der Waals surface area contributed by atoms with Gasteiger partial charge in [0, 0.05) is 5.41 Å². The summed E-state index contributed by atoms with van der Waals surface area (Å²) in [5.41, 5.74) is 16.3. The normalized spacial score (nSPS) is 14.8. The second-order valence-corrected chi connectivity index (χ2v) is 19.5. The lowest BCUT2D eigenvalue weighted by molar-refractivity contribution is 0.660. The number of hydrogen-bond acceptors (Lipinski definition) is 0. The molecule has 0 atom stereocenters. The Morgan fingerprint density at radius 1 is 0.315 bits per heavy atom. The van der Waals surface area contributed by atoms with E-state index in [0.717, 1.165) is 0 Å². The van der Waals surface area contributed by atoms with E-state index in [1.165, 1.54) is 109 Å². The Morgan fingerprint density at radius 3 is 1.31 bits per heavy atom. The third kappa shape index (κ3) is 3.63. The summed E-state index contributed by atoms with van der Waals surface area (Å²) in [5, 5.41) is 11.3. The summed E-state index contributed by atoms with van der Waals surface area (Å²) in [7, 11) is -2.57. The van der Waals surface area contributed by atoms with E-state index < -0.39 is 8.07 Å². The topological polar surface area (TPSA) is 0 Å². The van der Waals surface area contributed by atoms with Crippen LogP contribution >= 0.6 is 0 Å². The van der Waals surface area contributed by atoms with Gasteiger partial charge in [0.15, 0.2) is 8.07 Å². The molecule has 0 radical (unpaired) electrons. The van der Waals surface area contributed by atoms with E-state index in [9.17, 15) is 0 Å². The van der Waals surface area contributed by atoms with Crippen molar-refractivity contribution in [2.45, 2.75) is 19.3 Å². The number of benzene rings is 9. The number of fused-ring (bicyclic) bond motifs is 15. The first-order chi connectivity index (χ1) is 26.6. The highest BCUT2D eigenvalue weighted by atomic mass is 28.3. The average Bonchev–Trinajstić information content (AvgIpc) is 3.78. The molecule has 1 aliphatic carbocycles. The van der Waals surface area contributed by atoms with Gasteiger partial charge in [0.1, 0.15) is 0 Å². The van der Waals surface area contributed by atoms with Crippen LogP contribution in [0.15, 0.2) is 182 Å². The molecule has 1 heteroatoms. The predicted octanol–water partition coefficient (Wildman–Crippen LogP) is 11.0. The first kappa shape index (κ1) is 30.2. The van der Waals surface area contributed by atoms with Gasteiger partial charge >= 0.3 is 0 Å². The lowest BCUT2D eigenvalue weighted by atomic mass is 9.80. The molecule has 2 heterocycles. The van der Waals surface area contributed by atoms with Gasteiger partial charge in [0.05, 0.1) is 0 Å². The summed E-state index contributed by atoms with van der Waals surface area (Å²) in [4.78, 5) is 0. The van der Waals surface area contributed by atoms with E-state index in [0.29, 0.717) is 0 Å². The van der Waals surface area contributed by atoms with E-state index in [2.05, 4.69) is 196 Å². The molecule has 0 unspecified atom stereocenters. The summed E-state index contributed by atoms with van der Waals surface area (Å²) >= 11 is 0. The van der Waals surface area contributed by atoms with Gasteiger partial charge < -0.3 is 0 Å². The molecule has 0 N–H and O–H groups in total. The van der Waals surface area contributed by atoms with Crippen molar-refractivity contribution in [3.63, 3.8) is 0 Å². The van der Waals surface area contributed by atoms with Crippen LogP contribution < -0.4 is 20.7 Å². The Labute approximate surface area is 317 Å². The van der Waals surface area contributed by atoms with Crippen LogP contribution in [0.25, 0.3) is 77.2 Å². The van der Waals surface area contributed by atoms with Gasteiger partial charge in [-0.25, -0.2) is 0 Å². The van der Waals surface area contributed by atoms with Crippen molar-refractivity contribution in [3.8, 4) is 55.6 Å². The molecule has 9 aromatic rings. The van der Waals surface area contributed by atoms with Crippen molar-refractivity contribution in [2.75, 3.05) is 0 Å². The second kappa shape index (κ2) is 10.7. The molecule has 3 aliphatic rings. The maximum atomic E-state index is 2.60. The monoisotopic (exact) mass is 700 g/mol. The Balaban J connectivity index is 1.17. The van der Waals surface area contributed by atoms with E-state index >= 15 is 0 Å². The van der Waals surface area contributed by atoms with Gasteiger partial charge in [-0.15, -0.1) is 0 Å². The smallest absolute Gasteiger partial charge is 0.0623 e. The van der Waals surface area contributed by atoms with Crippen LogP contribution in [-0.4, -0.2) is 8.07 Å². The molecule has 0 nitrogen and oxygen atoms in total. The Morgan fingerprint density at radius 2 is 0.741 bits per heavy atom. The van der Waals surface area contributed by atoms with Crippen LogP contribution in [0.4, 0.5) is 0 Å². The quantitative estimate of drug-likeness (QED) is 0.124. The minimum absolute atomic E-state index is 0.0627. The van der Waals surface area contributed by atoms with E-state index in [-0.39, 0.29) is 5.41 Å². The van der Waals surface area contributed by atoms with Crippen LogP contribution in [0.2, 0.25) is 0 Å².